The molecule has 134 valence electrons. The highest BCUT2D eigenvalue weighted by Gasteiger charge is 2.24. The summed E-state index contributed by atoms with van der Waals surface area (Å²) in [7, 11) is 0. The average Bonchev–Trinajstić information content (AvgIpc) is 2.68. The van der Waals surface area contributed by atoms with Gasteiger partial charge in [0.05, 0.1) is 6.61 Å². The molecule has 2 nitrogen and oxygen atoms in total. The van der Waals surface area contributed by atoms with Gasteiger partial charge < -0.3 is 5.11 Å². The molecule has 2 aromatic rings. The molecule has 25 heavy (non-hydrogen) atoms. The van der Waals surface area contributed by atoms with E-state index in [4.69, 9.17) is 0 Å². The summed E-state index contributed by atoms with van der Waals surface area (Å²) in [6.45, 7) is 2.04. The zero-order valence-corrected chi connectivity index (χ0v) is 15.2. The fourth-order valence-corrected chi connectivity index (χ4v) is 4.10. The van der Waals surface area contributed by atoms with Crippen LogP contribution in [0.1, 0.15) is 49.7 Å². The number of aliphatic hydroxyl groups is 1. The maximum atomic E-state index is 10.1. The lowest BCUT2D eigenvalue weighted by Crippen LogP contribution is -2.38. The fourth-order valence-electron chi connectivity index (χ4n) is 4.10. The van der Waals surface area contributed by atoms with Gasteiger partial charge in [0.1, 0.15) is 0 Å². The molecule has 1 saturated carbocycles. The third-order valence-corrected chi connectivity index (χ3v) is 5.51. The summed E-state index contributed by atoms with van der Waals surface area (Å²) in [6, 6.07) is 21.5. The van der Waals surface area contributed by atoms with Gasteiger partial charge in [-0.05, 0) is 23.5 Å². The molecule has 0 unspecified atom stereocenters. The van der Waals surface area contributed by atoms with Crippen molar-refractivity contribution in [1.29, 1.82) is 0 Å². The van der Waals surface area contributed by atoms with Crippen LogP contribution in [-0.4, -0.2) is 22.7 Å². The van der Waals surface area contributed by atoms with Crippen LogP contribution in [0.3, 0.4) is 0 Å². The van der Waals surface area contributed by atoms with E-state index in [1.54, 1.807) is 0 Å². The second-order valence-corrected chi connectivity index (χ2v) is 7.45. The number of aliphatic hydroxyl groups excluding tert-OH is 1. The molecule has 1 fully saturated rings. The first-order valence-corrected chi connectivity index (χ1v) is 9.78. The first-order valence-electron chi connectivity index (χ1n) is 9.78. The predicted octanol–water partition coefficient (Wildman–Crippen LogP) is 5.02. The minimum Gasteiger partial charge on any atom is -0.395 e. The third-order valence-electron chi connectivity index (χ3n) is 5.51. The Labute approximate surface area is 152 Å². The molecular weight excluding hydrogens is 306 g/mol. The second kappa shape index (κ2) is 9.74. The van der Waals surface area contributed by atoms with Crippen LogP contribution in [-0.2, 0) is 13.1 Å². The summed E-state index contributed by atoms with van der Waals surface area (Å²) in [5.41, 5.74) is 2.64. The summed E-state index contributed by atoms with van der Waals surface area (Å²) in [4.78, 5) is 2.47. The molecule has 0 bridgehead atoms. The van der Waals surface area contributed by atoms with Gasteiger partial charge in [0.15, 0.2) is 0 Å². The molecule has 0 aromatic heterocycles. The summed E-state index contributed by atoms with van der Waals surface area (Å²) >= 11 is 0. The van der Waals surface area contributed by atoms with Crippen LogP contribution in [0, 0.1) is 5.92 Å². The van der Waals surface area contributed by atoms with Crippen LogP contribution >= 0.6 is 0 Å². The third kappa shape index (κ3) is 5.69. The number of rotatable bonds is 8. The van der Waals surface area contributed by atoms with Crippen molar-refractivity contribution in [2.45, 2.75) is 57.7 Å². The SMILES string of the molecule is OC[C@H](CC1CCCCC1)N(Cc1ccccc1)Cc1ccccc1. The van der Waals surface area contributed by atoms with Gasteiger partial charge in [0, 0.05) is 19.1 Å². The van der Waals surface area contributed by atoms with Gasteiger partial charge >= 0.3 is 0 Å². The molecule has 2 aromatic carbocycles. The van der Waals surface area contributed by atoms with E-state index < -0.39 is 0 Å². The average molecular weight is 338 g/mol. The lowest BCUT2D eigenvalue weighted by Gasteiger charge is -2.34. The van der Waals surface area contributed by atoms with E-state index in [2.05, 4.69) is 65.6 Å². The largest absolute Gasteiger partial charge is 0.395 e. The summed E-state index contributed by atoms with van der Waals surface area (Å²) in [6.07, 6.45) is 7.90. The molecule has 1 N–H and O–H groups in total. The molecule has 0 amide bonds. The van der Waals surface area contributed by atoms with Crippen molar-refractivity contribution in [3.05, 3.63) is 71.8 Å². The highest BCUT2D eigenvalue weighted by molar-refractivity contribution is 5.17. The van der Waals surface area contributed by atoms with Crippen LogP contribution in [0.15, 0.2) is 60.7 Å². The molecule has 1 aliphatic carbocycles. The van der Waals surface area contributed by atoms with Crippen LogP contribution in [0.4, 0.5) is 0 Å². The highest BCUT2D eigenvalue weighted by Crippen LogP contribution is 2.29. The second-order valence-electron chi connectivity index (χ2n) is 7.45. The van der Waals surface area contributed by atoms with E-state index >= 15 is 0 Å². The smallest absolute Gasteiger partial charge is 0.0587 e. The molecule has 0 spiro atoms. The Morgan fingerprint density at radius 3 is 1.80 bits per heavy atom. The Bertz CT molecular complexity index is 551. The van der Waals surface area contributed by atoms with E-state index in [1.807, 2.05) is 0 Å². The summed E-state index contributed by atoms with van der Waals surface area (Å²) < 4.78 is 0. The minimum absolute atomic E-state index is 0.239. The zero-order chi connectivity index (χ0) is 17.3. The van der Waals surface area contributed by atoms with Crippen molar-refractivity contribution in [2.75, 3.05) is 6.61 Å². The lowest BCUT2D eigenvalue weighted by molar-refractivity contribution is 0.0846. The summed E-state index contributed by atoms with van der Waals surface area (Å²) in [5, 5.41) is 10.1. The molecule has 1 atom stereocenters. The van der Waals surface area contributed by atoms with Crippen LogP contribution < -0.4 is 0 Å². The van der Waals surface area contributed by atoms with E-state index in [-0.39, 0.29) is 12.6 Å². The Morgan fingerprint density at radius 1 is 0.800 bits per heavy atom. The standard InChI is InChI=1S/C23H31NO/c25-19-23(16-20-10-4-1-5-11-20)24(17-21-12-6-2-7-13-21)18-22-14-8-3-9-15-22/h2-3,6-9,12-15,20,23,25H,1,4-5,10-11,16-19H2/t23-/m0/s1. The maximum absolute atomic E-state index is 10.1. The molecule has 1 aliphatic rings. The van der Waals surface area contributed by atoms with E-state index in [1.165, 1.54) is 43.2 Å². The normalized spacial score (nSPS) is 16.9. The first-order chi connectivity index (χ1) is 12.3. The van der Waals surface area contributed by atoms with Gasteiger partial charge in [0.2, 0.25) is 0 Å². The zero-order valence-electron chi connectivity index (χ0n) is 15.2. The monoisotopic (exact) mass is 337 g/mol. The lowest BCUT2D eigenvalue weighted by atomic mass is 9.84. The van der Waals surface area contributed by atoms with Gasteiger partial charge in [-0.15, -0.1) is 0 Å². The van der Waals surface area contributed by atoms with Crippen molar-refractivity contribution in [3.63, 3.8) is 0 Å². The van der Waals surface area contributed by atoms with Crippen molar-refractivity contribution in [2.24, 2.45) is 5.92 Å². The fraction of sp³-hybridized carbons (Fsp3) is 0.478. The molecule has 0 aliphatic heterocycles. The number of hydrogen-bond donors (Lipinski definition) is 1. The van der Waals surface area contributed by atoms with Gasteiger partial charge in [-0.2, -0.15) is 0 Å². The van der Waals surface area contributed by atoms with Crippen LogP contribution in [0.5, 0.6) is 0 Å². The van der Waals surface area contributed by atoms with E-state index in [9.17, 15) is 5.11 Å². The van der Waals surface area contributed by atoms with Gasteiger partial charge in [-0.25, -0.2) is 0 Å². The molecule has 0 heterocycles. The van der Waals surface area contributed by atoms with Crippen molar-refractivity contribution in [3.8, 4) is 0 Å². The Kier molecular flexibility index (Phi) is 7.08. The van der Waals surface area contributed by atoms with Gasteiger partial charge in [-0.3, -0.25) is 4.90 Å². The summed E-state index contributed by atoms with van der Waals surface area (Å²) in [5.74, 6) is 0.778. The quantitative estimate of drug-likeness (QED) is 0.731. The number of hydrogen-bond acceptors (Lipinski definition) is 2. The van der Waals surface area contributed by atoms with E-state index in [0.717, 1.165) is 25.4 Å². The molecule has 3 rings (SSSR count). The molecular formula is C23H31NO. The Morgan fingerprint density at radius 2 is 1.32 bits per heavy atom. The first kappa shape index (κ1) is 18.2. The van der Waals surface area contributed by atoms with Crippen molar-refractivity contribution < 1.29 is 5.11 Å². The van der Waals surface area contributed by atoms with Crippen LogP contribution in [0.25, 0.3) is 0 Å². The van der Waals surface area contributed by atoms with Crippen molar-refractivity contribution in [1.82, 2.24) is 4.90 Å². The molecule has 2 heteroatoms. The van der Waals surface area contributed by atoms with Crippen molar-refractivity contribution >= 4 is 0 Å². The predicted molar refractivity (Wildman–Crippen MR) is 104 cm³/mol. The van der Waals surface area contributed by atoms with E-state index in [0.29, 0.717) is 0 Å². The van der Waals surface area contributed by atoms with Gasteiger partial charge in [0.25, 0.3) is 0 Å². The van der Waals surface area contributed by atoms with Gasteiger partial charge in [-0.1, -0.05) is 92.8 Å². The number of benzene rings is 2. The Hall–Kier alpha value is -1.64. The highest BCUT2D eigenvalue weighted by atomic mass is 16.3. The number of nitrogens with zero attached hydrogens (tertiary/aromatic N) is 1. The topological polar surface area (TPSA) is 23.5 Å². The minimum atomic E-state index is 0.239. The maximum Gasteiger partial charge on any atom is 0.0587 e. The Balaban J connectivity index is 1.72. The molecule has 0 radical (unpaired) electrons. The van der Waals surface area contributed by atoms with Crippen LogP contribution in [0.2, 0.25) is 0 Å². The molecule has 0 saturated heterocycles.